The first-order valence-electron chi connectivity index (χ1n) is 8.46. The van der Waals surface area contributed by atoms with Crippen LogP contribution < -0.4 is 10.5 Å². The molecule has 0 bridgehead atoms. The Hall–Kier alpha value is -2.48. The minimum atomic E-state index is -0.285. The van der Waals surface area contributed by atoms with Crippen molar-refractivity contribution in [2.75, 3.05) is 11.4 Å². The number of carbonyl (C=O) groups excluding carboxylic acids is 1. The number of halogens is 1. The molecule has 0 aliphatic heterocycles. The third-order valence-corrected chi connectivity index (χ3v) is 4.73. The molecule has 2 heterocycles. The van der Waals surface area contributed by atoms with Crippen LogP contribution in [0, 0.1) is 0 Å². The molecule has 0 fully saturated rings. The van der Waals surface area contributed by atoms with Gasteiger partial charge in [-0.15, -0.1) is 0 Å². The van der Waals surface area contributed by atoms with Crippen molar-refractivity contribution in [3.63, 3.8) is 0 Å². The Kier molecular flexibility index (Phi) is 5.51. The van der Waals surface area contributed by atoms with Crippen molar-refractivity contribution in [3.8, 4) is 0 Å². The number of unbranched alkanes of at least 4 members (excludes halogenated alkanes) is 1. The molecule has 3 aromatic rings. The topological polar surface area (TPSA) is 73.0 Å². The predicted molar refractivity (Wildman–Crippen MR) is 104 cm³/mol. The zero-order chi connectivity index (χ0) is 18.7. The second-order valence-corrected chi connectivity index (χ2v) is 6.78. The number of aryl methyl sites for hydroxylation is 1. The fraction of sp³-hybridized carbons (Fsp3) is 0.333. The predicted octanol–water partition coefficient (Wildman–Crippen LogP) is 2.73. The normalized spacial score (nSPS) is 11.0. The molecule has 0 spiro atoms. The third-order valence-electron chi connectivity index (χ3n) is 4.18. The van der Waals surface area contributed by atoms with Gasteiger partial charge in [-0.3, -0.25) is 14.2 Å². The van der Waals surface area contributed by atoms with E-state index in [-0.39, 0.29) is 18.0 Å². The van der Waals surface area contributed by atoms with E-state index in [1.54, 1.807) is 11.9 Å². The maximum atomic E-state index is 12.9. The molecule has 0 aliphatic carbocycles. The van der Waals surface area contributed by atoms with Gasteiger partial charge in [0.25, 0.3) is 5.56 Å². The van der Waals surface area contributed by atoms with Gasteiger partial charge in [-0.05, 0) is 34.5 Å². The number of rotatable bonds is 6. The van der Waals surface area contributed by atoms with Crippen LogP contribution in [0.15, 0.2) is 46.1 Å². The van der Waals surface area contributed by atoms with E-state index < -0.39 is 0 Å². The van der Waals surface area contributed by atoms with Gasteiger partial charge in [0, 0.05) is 19.3 Å². The number of nitrogens with zero attached hydrogens (tertiary/aromatic N) is 5. The van der Waals surface area contributed by atoms with E-state index >= 15 is 0 Å². The standard InChI is InChI=1S/C18H20BrN5O2/c1-3-4-10-24(13-8-6-5-7-9-13)14(25)11-23-12-20-17-15(18(23)26)16(19)21-22(17)2/h5-9,12H,3-4,10-11H2,1-2H3. The molecule has 1 amide bonds. The minimum Gasteiger partial charge on any atom is -0.311 e. The van der Waals surface area contributed by atoms with E-state index in [9.17, 15) is 9.59 Å². The van der Waals surface area contributed by atoms with Crippen LogP contribution in [-0.2, 0) is 18.4 Å². The SMILES string of the molecule is CCCCN(C(=O)Cn1cnc2c(c(Br)nn2C)c1=O)c1ccccc1. The van der Waals surface area contributed by atoms with Crippen LogP contribution in [0.4, 0.5) is 5.69 Å². The molecule has 136 valence electrons. The summed E-state index contributed by atoms with van der Waals surface area (Å²) in [7, 11) is 1.72. The Balaban J connectivity index is 1.92. The van der Waals surface area contributed by atoms with E-state index in [1.165, 1.54) is 15.6 Å². The van der Waals surface area contributed by atoms with Crippen molar-refractivity contribution in [1.29, 1.82) is 0 Å². The van der Waals surface area contributed by atoms with E-state index in [0.29, 0.717) is 22.2 Å². The fourth-order valence-corrected chi connectivity index (χ4v) is 3.39. The van der Waals surface area contributed by atoms with Gasteiger partial charge < -0.3 is 4.90 Å². The van der Waals surface area contributed by atoms with Gasteiger partial charge in [0.05, 0.1) is 0 Å². The molecule has 0 unspecified atom stereocenters. The van der Waals surface area contributed by atoms with Crippen LogP contribution in [0.5, 0.6) is 0 Å². The average Bonchev–Trinajstić information content (AvgIpc) is 2.93. The highest BCUT2D eigenvalue weighted by molar-refractivity contribution is 9.10. The van der Waals surface area contributed by atoms with Crippen LogP contribution >= 0.6 is 15.9 Å². The van der Waals surface area contributed by atoms with Crippen LogP contribution in [0.2, 0.25) is 0 Å². The first-order chi connectivity index (χ1) is 12.5. The highest BCUT2D eigenvalue weighted by Gasteiger charge is 2.19. The van der Waals surface area contributed by atoms with Crippen molar-refractivity contribution in [1.82, 2.24) is 19.3 Å². The van der Waals surface area contributed by atoms with Gasteiger partial charge in [-0.25, -0.2) is 9.67 Å². The molecule has 26 heavy (non-hydrogen) atoms. The average molecular weight is 418 g/mol. The number of carbonyl (C=O) groups is 1. The second-order valence-electron chi connectivity index (χ2n) is 6.03. The fourth-order valence-electron chi connectivity index (χ4n) is 2.80. The summed E-state index contributed by atoms with van der Waals surface area (Å²) >= 11 is 3.29. The van der Waals surface area contributed by atoms with Crippen molar-refractivity contribution in [2.24, 2.45) is 7.05 Å². The smallest absolute Gasteiger partial charge is 0.266 e. The highest BCUT2D eigenvalue weighted by Crippen LogP contribution is 2.18. The summed E-state index contributed by atoms with van der Waals surface area (Å²) in [5.41, 5.74) is 1.03. The first kappa shape index (κ1) is 18.3. The molecular formula is C18H20BrN5O2. The molecule has 0 aliphatic rings. The second kappa shape index (κ2) is 7.82. The minimum absolute atomic E-state index is 0.0677. The van der Waals surface area contributed by atoms with E-state index in [0.717, 1.165) is 18.5 Å². The Labute approximate surface area is 159 Å². The van der Waals surface area contributed by atoms with Gasteiger partial charge in [0.1, 0.15) is 22.9 Å². The monoisotopic (exact) mass is 417 g/mol. The van der Waals surface area contributed by atoms with Gasteiger partial charge in [0.15, 0.2) is 5.65 Å². The summed E-state index contributed by atoms with van der Waals surface area (Å²) in [6, 6.07) is 9.50. The molecule has 0 atom stereocenters. The molecule has 0 saturated heterocycles. The summed E-state index contributed by atoms with van der Waals surface area (Å²) in [4.78, 5) is 31.6. The summed E-state index contributed by atoms with van der Waals surface area (Å²) < 4.78 is 3.30. The van der Waals surface area contributed by atoms with Crippen LogP contribution in [0.25, 0.3) is 11.0 Å². The molecule has 0 radical (unpaired) electrons. The summed E-state index contributed by atoms with van der Waals surface area (Å²) in [6.07, 6.45) is 3.27. The van der Waals surface area contributed by atoms with Crippen molar-refractivity contribution >= 4 is 38.6 Å². The largest absolute Gasteiger partial charge is 0.311 e. The number of hydrogen-bond acceptors (Lipinski definition) is 4. The van der Waals surface area contributed by atoms with Crippen LogP contribution in [0.1, 0.15) is 19.8 Å². The maximum Gasteiger partial charge on any atom is 0.266 e. The Morgan fingerprint density at radius 2 is 2.00 bits per heavy atom. The Morgan fingerprint density at radius 1 is 1.27 bits per heavy atom. The van der Waals surface area contributed by atoms with Crippen molar-refractivity contribution < 1.29 is 4.79 Å². The summed E-state index contributed by atoms with van der Waals surface area (Å²) in [5.74, 6) is -0.145. The van der Waals surface area contributed by atoms with Crippen molar-refractivity contribution in [2.45, 2.75) is 26.3 Å². The number of benzene rings is 1. The zero-order valence-electron chi connectivity index (χ0n) is 14.7. The number of fused-ring (bicyclic) bond motifs is 1. The molecular weight excluding hydrogens is 398 g/mol. The Bertz CT molecular complexity index is 980. The summed E-state index contributed by atoms with van der Waals surface area (Å²) in [5, 5.41) is 4.53. The first-order valence-corrected chi connectivity index (χ1v) is 9.25. The lowest BCUT2D eigenvalue weighted by atomic mass is 10.2. The number of para-hydroxylation sites is 1. The lowest BCUT2D eigenvalue weighted by molar-refractivity contribution is -0.119. The van der Waals surface area contributed by atoms with Crippen LogP contribution in [0.3, 0.4) is 0 Å². The zero-order valence-corrected chi connectivity index (χ0v) is 16.3. The van der Waals surface area contributed by atoms with Crippen molar-refractivity contribution in [3.05, 3.63) is 51.6 Å². The number of anilines is 1. The van der Waals surface area contributed by atoms with Gasteiger partial charge >= 0.3 is 0 Å². The molecule has 7 nitrogen and oxygen atoms in total. The molecule has 0 N–H and O–H groups in total. The molecule has 3 rings (SSSR count). The Morgan fingerprint density at radius 3 is 2.69 bits per heavy atom. The van der Waals surface area contributed by atoms with Gasteiger partial charge in [-0.2, -0.15) is 5.10 Å². The molecule has 2 aromatic heterocycles. The number of hydrogen-bond donors (Lipinski definition) is 0. The summed E-state index contributed by atoms with van der Waals surface area (Å²) in [6.45, 7) is 2.62. The van der Waals surface area contributed by atoms with E-state index in [1.807, 2.05) is 30.3 Å². The van der Waals surface area contributed by atoms with Gasteiger partial charge in [-0.1, -0.05) is 31.5 Å². The number of aromatic nitrogens is 4. The highest BCUT2D eigenvalue weighted by atomic mass is 79.9. The molecule has 8 heteroatoms. The van der Waals surface area contributed by atoms with E-state index in [2.05, 4.69) is 32.9 Å². The maximum absolute atomic E-state index is 12.9. The molecule has 1 aromatic carbocycles. The van der Waals surface area contributed by atoms with E-state index in [4.69, 9.17) is 0 Å². The van der Waals surface area contributed by atoms with Gasteiger partial charge in [0.2, 0.25) is 5.91 Å². The van der Waals surface area contributed by atoms with Crippen LogP contribution in [-0.4, -0.2) is 31.8 Å². The lowest BCUT2D eigenvalue weighted by Crippen LogP contribution is -2.37. The molecule has 0 saturated carbocycles. The lowest BCUT2D eigenvalue weighted by Gasteiger charge is -2.23. The number of amides is 1. The quantitative estimate of drug-likeness (QED) is 0.617. The third kappa shape index (κ3) is 3.55.